The molecule has 0 radical (unpaired) electrons. The van der Waals surface area contributed by atoms with Gasteiger partial charge in [0.2, 0.25) is 0 Å². The van der Waals surface area contributed by atoms with Gasteiger partial charge in [-0.15, -0.1) is 11.3 Å². The highest BCUT2D eigenvalue weighted by Crippen LogP contribution is 2.51. The van der Waals surface area contributed by atoms with Crippen LogP contribution < -0.4 is 4.90 Å². The lowest BCUT2D eigenvalue weighted by molar-refractivity contribution is 0.590. The molecule has 0 aliphatic carbocycles. The van der Waals surface area contributed by atoms with Crippen LogP contribution in [0.25, 0.3) is 75.5 Å². The van der Waals surface area contributed by atoms with Crippen molar-refractivity contribution in [3.05, 3.63) is 212 Å². The zero-order chi connectivity index (χ0) is 39.2. The third-order valence-corrected chi connectivity index (χ3v) is 12.6. The van der Waals surface area contributed by atoms with Crippen LogP contribution in [0.2, 0.25) is 0 Å². The first-order valence-corrected chi connectivity index (χ1v) is 20.9. The molecule has 0 aliphatic rings. The van der Waals surface area contributed by atoms with E-state index in [-0.39, 0.29) is 5.41 Å². The summed E-state index contributed by atoms with van der Waals surface area (Å²) in [6, 6.07) is 75.9. The number of thiophene rings is 1. The maximum Gasteiger partial charge on any atom is 0.0543 e. The Morgan fingerprint density at radius 1 is 0.362 bits per heavy atom. The zero-order valence-corrected chi connectivity index (χ0v) is 33.8. The van der Waals surface area contributed by atoms with Gasteiger partial charge in [-0.25, -0.2) is 0 Å². The molecule has 0 unspecified atom stereocenters. The smallest absolute Gasteiger partial charge is 0.0543 e. The number of rotatable bonds is 7. The normalized spacial score (nSPS) is 11.7. The fourth-order valence-electron chi connectivity index (χ4n) is 8.65. The molecular formula is C56H43NS. The van der Waals surface area contributed by atoms with Crippen LogP contribution in [0.5, 0.6) is 0 Å². The van der Waals surface area contributed by atoms with E-state index >= 15 is 0 Å². The molecule has 0 fully saturated rings. The van der Waals surface area contributed by atoms with E-state index in [2.05, 4.69) is 232 Å². The van der Waals surface area contributed by atoms with Gasteiger partial charge < -0.3 is 4.90 Å². The lowest BCUT2D eigenvalue weighted by Gasteiger charge is -2.33. The van der Waals surface area contributed by atoms with Crippen molar-refractivity contribution in [2.75, 3.05) is 4.90 Å². The average Bonchev–Trinajstić information content (AvgIpc) is 3.66. The highest BCUT2D eigenvalue weighted by molar-refractivity contribution is 7.25. The second kappa shape index (κ2) is 14.6. The van der Waals surface area contributed by atoms with E-state index in [1.54, 1.807) is 0 Å². The Morgan fingerprint density at radius 3 is 1.52 bits per heavy atom. The topological polar surface area (TPSA) is 3.24 Å². The number of anilines is 3. The minimum absolute atomic E-state index is 0.0733. The second-order valence-corrected chi connectivity index (χ2v) is 17.2. The molecule has 0 saturated heterocycles. The van der Waals surface area contributed by atoms with Crippen molar-refractivity contribution in [1.29, 1.82) is 0 Å². The molecule has 0 bridgehead atoms. The van der Waals surface area contributed by atoms with Gasteiger partial charge in [0.15, 0.2) is 0 Å². The number of fused-ring (bicyclic) bond motifs is 4. The quantitative estimate of drug-likeness (QED) is 0.156. The highest BCUT2D eigenvalue weighted by Gasteiger charge is 2.27. The van der Waals surface area contributed by atoms with Crippen LogP contribution >= 0.6 is 11.3 Å². The summed E-state index contributed by atoms with van der Waals surface area (Å²) in [7, 11) is 0. The Morgan fingerprint density at radius 2 is 0.862 bits per heavy atom. The Kier molecular flexibility index (Phi) is 9.00. The van der Waals surface area contributed by atoms with Gasteiger partial charge in [-0.2, -0.15) is 0 Å². The monoisotopic (exact) mass is 761 g/mol. The van der Waals surface area contributed by atoms with Crippen molar-refractivity contribution in [2.24, 2.45) is 0 Å². The minimum Gasteiger partial charge on any atom is -0.309 e. The van der Waals surface area contributed by atoms with Crippen molar-refractivity contribution >= 4 is 59.3 Å². The van der Waals surface area contributed by atoms with Gasteiger partial charge in [0.05, 0.1) is 17.1 Å². The van der Waals surface area contributed by atoms with E-state index in [4.69, 9.17) is 0 Å². The van der Waals surface area contributed by atoms with Gasteiger partial charge in [-0.05, 0) is 79.9 Å². The van der Waals surface area contributed by atoms with Gasteiger partial charge >= 0.3 is 0 Å². The third kappa shape index (κ3) is 6.27. The molecule has 10 aromatic rings. The van der Waals surface area contributed by atoms with E-state index in [1.165, 1.54) is 81.0 Å². The van der Waals surface area contributed by atoms with Crippen LogP contribution in [0, 0.1) is 0 Å². The predicted molar refractivity (Wildman–Crippen MR) is 252 cm³/mol. The largest absolute Gasteiger partial charge is 0.309 e. The maximum absolute atomic E-state index is 2.56. The van der Waals surface area contributed by atoms with Crippen LogP contribution in [-0.4, -0.2) is 0 Å². The van der Waals surface area contributed by atoms with Crippen LogP contribution in [-0.2, 0) is 5.41 Å². The van der Waals surface area contributed by atoms with E-state index in [0.29, 0.717) is 0 Å². The molecular weight excluding hydrogens is 719 g/mol. The SMILES string of the molecule is CC(C)(C)c1ccc(-c2ccccc2)c(N(c2ccccc2-c2cccc3cccc(-c4ccccc4)c23)c2ccccc2-c2cccc3sc4ccccc4c23)c1. The second-order valence-electron chi connectivity index (χ2n) is 16.1. The van der Waals surface area contributed by atoms with Crippen molar-refractivity contribution in [3.63, 3.8) is 0 Å². The van der Waals surface area contributed by atoms with Crippen LogP contribution in [0.4, 0.5) is 17.1 Å². The van der Waals surface area contributed by atoms with Gasteiger partial charge in [0, 0.05) is 36.9 Å². The standard InChI is InChI=1S/C56H43NS/c1-56(2,3)41-35-36-42(38-19-6-4-7-20-38)51(37-41)57(50-32-14-11-26-45(50)47-30-18-34-53-55(47)48-27-12-15-33-52(48)58-53)49-31-13-10-25-44(49)46-29-17-24-40-23-16-28-43(54(40)46)39-21-8-5-9-22-39/h4-37H,1-3H3. The fraction of sp³-hybridized carbons (Fsp3) is 0.0714. The summed E-state index contributed by atoms with van der Waals surface area (Å²) in [6.45, 7) is 6.93. The zero-order valence-electron chi connectivity index (χ0n) is 33.0. The highest BCUT2D eigenvalue weighted by atomic mass is 32.1. The van der Waals surface area contributed by atoms with Crippen molar-refractivity contribution in [3.8, 4) is 44.5 Å². The molecule has 0 amide bonds. The Bertz CT molecular complexity index is 3090. The summed E-state index contributed by atoms with van der Waals surface area (Å²) in [5.41, 5.74) is 14.2. The lowest BCUT2D eigenvalue weighted by atomic mass is 9.85. The molecule has 0 atom stereocenters. The summed E-state index contributed by atoms with van der Waals surface area (Å²) < 4.78 is 2.60. The molecule has 0 saturated carbocycles. The molecule has 0 aliphatic heterocycles. The van der Waals surface area contributed by atoms with Crippen LogP contribution in [0.3, 0.4) is 0 Å². The summed E-state index contributed by atoms with van der Waals surface area (Å²) in [6.07, 6.45) is 0. The molecule has 1 aromatic heterocycles. The summed E-state index contributed by atoms with van der Waals surface area (Å²) >= 11 is 1.87. The van der Waals surface area contributed by atoms with Crippen molar-refractivity contribution in [1.82, 2.24) is 0 Å². The van der Waals surface area contributed by atoms with Gasteiger partial charge in [0.1, 0.15) is 0 Å². The average molecular weight is 762 g/mol. The minimum atomic E-state index is -0.0733. The van der Waals surface area contributed by atoms with Gasteiger partial charge in [-0.1, -0.05) is 197 Å². The summed E-state index contributed by atoms with van der Waals surface area (Å²) in [5.74, 6) is 0. The lowest BCUT2D eigenvalue weighted by Crippen LogP contribution is -2.16. The Balaban J connectivity index is 1.32. The Labute approximate surface area is 345 Å². The van der Waals surface area contributed by atoms with E-state index < -0.39 is 0 Å². The first-order valence-electron chi connectivity index (χ1n) is 20.1. The number of hydrogen-bond donors (Lipinski definition) is 0. The molecule has 0 N–H and O–H groups in total. The predicted octanol–water partition coefficient (Wildman–Crippen LogP) is 16.6. The van der Waals surface area contributed by atoms with Crippen molar-refractivity contribution in [2.45, 2.75) is 26.2 Å². The number of hydrogen-bond acceptors (Lipinski definition) is 2. The summed E-state index contributed by atoms with van der Waals surface area (Å²) in [4.78, 5) is 2.56. The number of benzene rings is 9. The molecule has 278 valence electrons. The van der Waals surface area contributed by atoms with Crippen LogP contribution in [0.15, 0.2) is 206 Å². The Hall–Kier alpha value is -6.74. The molecule has 1 heterocycles. The fourth-order valence-corrected chi connectivity index (χ4v) is 9.78. The molecule has 2 heteroatoms. The molecule has 9 aromatic carbocycles. The number of nitrogens with zero attached hydrogens (tertiary/aromatic N) is 1. The van der Waals surface area contributed by atoms with Gasteiger partial charge in [-0.3, -0.25) is 0 Å². The van der Waals surface area contributed by atoms with Crippen LogP contribution in [0.1, 0.15) is 26.3 Å². The first kappa shape index (κ1) is 35.7. The first-order chi connectivity index (χ1) is 28.4. The number of para-hydroxylation sites is 2. The third-order valence-electron chi connectivity index (χ3n) is 11.5. The molecule has 10 rings (SSSR count). The van der Waals surface area contributed by atoms with Crippen molar-refractivity contribution < 1.29 is 0 Å². The maximum atomic E-state index is 2.56. The van der Waals surface area contributed by atoms with E-state index in [1.807, 2.05) is 11.3 Å². The van der Waals surface area contributed by atoms with E-state index in [9.17, 15) is 0 Å². The van der Waals surface area contributed by atoms with Gasteiger partial charge in [0.25, 0.3) is 0 Å². The summed E-state index contributed by atoms with van der Waals surface area (Å²) in [5, 5.41) is 5.07. The molecule has 1 nitrogen and oxygen atoms in total. The molecule has 0 spiro atoms. The van der Waals surface area contributed by atoms with E-state index in [0.717, 1.165) is 17.1 Å². The molecule has 58 heavy (non-hydrogen) atoms.